The van der Waals surface area contributed by atoms with Crippen molar-refractivity contribution < 1.29 is 71.8 Å². The highest BCUT2D eigenvalue weighted by atomic mass is 19.4. The summed E-state index contributed by atoms with van der Waals surface area (Å²) in [6, 6.07) is 8.54. The lowest BCUT2D eigenvalue weighted by Gasteiger charge is -2.39. The molecule has 2 aromatic rings. The fourth-order valence-electron chi connectivity index (χ4n) is 5.51. The molecule has 3 rings (SSSR count). The summed E-state index contributed by atoms with van der Waals surface area (Å²) < 4.78 is 173. The van der Waals surface area contributed by atoms with Gasteiger partial charge >= 0.3 is 35.8 Å². The van der Waals surface area contributed by atoms with Crippen LogP contribution in [-0.2, 0) is 22.4 Å². The molecule has 0 bridgehead atoms. The largest absolute Gasteiger partial charge is 0.460 e. The number of rotatable bonds is 13. The third-order valence-corrected chi connectivity index (χ3v) is 8.43. The van der Waals surface area contributed by atoms with Gasteiger partial charge in [-0.15, -0.1) is 0 Å². The van der Waals surface area contributed by atoms with E-state index in [1.54, 1.807) is 25.2 Å². The number of amides is 2. The maximum atomic E-state index is 14.1. The average molecular weight is 780 g/mol. The van der Waals surface area contributed by atoms with Gasteiger partial charge < -0.3 is 20.6 Å². The van der Waals surface area contributed by atoms with Crippen LogP contribution in [-0.4, -0.2) is 78.4 Å². The second-order valence-corrected chi connectivity index (χ2v) is 12.7. The van der Waals surface area contributed by atoms with E-state index in [9.17, 15) is 71.8 Å². The number of halogens is 13. The second-order valence-electron chi connectivity index (χ2n) is 12.7. The molecule has 0 radical (unpaired) electrons. The Bertz CT molecular complexity index is 1670. The Hall–Kier alpha value is -4.29. The Morgan fingerprint density at radius 1 is 0.887 bits per heavy atom. The van der Waals surface area contributed by atoms with Gasteiger partial charge in [0, 0.05) is 30.9 Å². The summed E-state index contributed by atoms with van der Waals surface area (Å²) >= 11 is 0. The standard InChI is InChI=1S/C34H34F13N3O3/c1-19(2)27-28(53)49-24(18-51)17-22-16-23(12-13-25(22)50(27)3)48-26(52)7-5-4-6-20-8-10-21(11-9-20)14-15-29(35,36)30(37,38)31(39,40)32(41,42)33(43,44)34(45,46)47/h4-13,16,19,24,27,51H,14-15,17-18H2,1-3H3,(H,48,52)(H,49,53)/b6-4+,7-5-/t24-,27-/m0/s1. The lowest BCUT2D eigenvalue weighted by molar-refractivity contribution is -0.440. The molecule has 53 heavy (non-hydrogen) atoms. The molecule has 2 atom stereocenters. The number of aliphatic hydroxyl groups is 1. The van der Waals surface area contributed by atoms with Gasteiger partial charge in [-0.3, -0.25) is 9.59 Å². The minimum atomic E-state index is -7.94. The fourth-order valence-corrected chi connectivity index (χ4v) is 5.51. The minimum Gasteiger partial charge on any atom is -0.394 e. The first-order chi connectivity index (χ1) is 24.2. The van der Waals surface area contributed by atoms with Crippen molar-refractivity contribution in [1.29, 1.82) is 0 Å². The number of hydrogen-bond acceptors (Lipinski definition) is 4. The first-order valence-electron chi connectivity index (χ1n) is 15.7. The molecule has 0 spiro atoms. The van der Waals surface area contributed by atoms with Crippen LogP contribution in [0.15, 0.2) is 60.7 Å². The number of aryl methyl sites for hydroxylation is 1. The first kappa shape index (κ1) is 43.1. The van der Waals surface area contributed by atoms with Gasteiger partial charge in [-0.2, -0.15) is 57.1 Å². The number of benzene rings is 2. The van der Waals surface area contributed by atoms with E-state index in [-0.39, 0.29) is 30.4 Å². The molecular weight excluding hydrogens is 745 g/mol. The smallest absolute Gasteiger partial charge is 0.394 e. The van der Waals surface area contributed by atoms with Crippen molar-refractivity contribution in [2.24, 2.45) is 5.92 Å². The highest BCUT2D eigenvalue weighted by Crippen LogP contribution is 2.60. The van der Waals surface area contributed by atoms with Crippen LogP contribution in [0.1, 0.15) is 37.0 Å². The third-order valence-electron chi connectivity index (χ3n) is 8.43. The van der Waals surface area contributed by atoms with E-state index in [2.05, 4.69) is 10.6 Å². The van der Waals surface area contributed by atoms with Crippen LogP contribution in [0.5, 0.6) is 0 Å². The summed E-state index contributed by atoms with van der Waals surface area (Å²) in [5.41, 5.74) is 2.01. The van der Waals surface area contributed by atoms with Crippen molar-refractivity contribution in [2.45, 2.75) is 81.0 Å². The van der Waals surface area contributed by atoms with E-state index in [0.29, 0.717) is 11.3 Å². The van der Waals surface area contributed by atoms with E-state index in [1.165, 1.54) is 30.4 Å². The van der Waals surface area contributed by atoms with Crippen molar-refractivity contribution in [3.8, 4) is 0 Å². The number of allylic oxidation sites excluding steroid dienone is 2. The summed E-state index contributed by atoms with van der Waals surface area (Å²) in [6.07, 6.45) is -5.47. The van der Waals surface area contributed by atoms with E-state index < -0.39 is 66.6 Å². The van der Waals surface area contributed by atoms with Crippen molar-refractivity contribution in [3.63, 3.8) is 0 Å². The maximum absolute atomic E-state index is 14.1. The molecule has 3 N–H and O–H groups in total. The second kappa shape index (κ2) is 15.6. The normalized spacial score (nSPS) is 18.3. The van der Waals surface area contributed by atoms with Gasteiger partial charge in [-0.25, -0.2) is 0 Å². The number of carbonyl (C=O) groups is 2. The lowest BCUT2D eigenvalue weighted by Crippen LogP contribution is -2.70. The minimum absolute atomic E-state index is 0.0598. The Morgan fingerprint density at radius 3 is 2.02 bits per heavy atom. The van der Waals surface area contributed by atoms with Crippen LogP contribution in [0.4, 0.5) is 68.5 Å². The van der Waals surface area contributed by atoms with Gasteiger partial charge in [-0.1, -0.05) is 56.3 Å². The summed E-state index contributed by atoms with van der Waals surface area (Å²) in [5.74, 6) is -37.8. The highest BCUT2D eigenvalue weighted by Gasteiger charge is 2.90. The van der Waals surface area contributed by atoms with Crippen molar-refractivity contribution in [3.05, 3.63) is 77.4 Å². The monoisotopic (exact) mass is 779 g/mol. The number of likely N-dealkylation sites (N-methyl/N-ethyl adjacent to an activating group) is 1. The molecule has 0 saturated heterocycles. The summed E-state index contributed by atoms with van der Waals surface area (Å²) in [5, 5.41) is 15.3. The number of nitrogens with one attached hydrogen (secondary N) is 2. The summed E-state index contributed by atoms with van der Waals surface area (Å²) in [7, 11) is 1.77. The molecule has 6 nitrogen and oxygen atoms in total. The Labute approximate surface area is 294 Å². The molecule has 19 heteroatoms. The Balaban J connectivity index is 1.63. The summed E-state index contributed by atoms with van der Waals surface area (Å²) in [4.78, 5) is 27.1. The zero-order valence-electron chi connectivity index (χ0n) is 28.0. The fraction of sp³-hybridized carbons (Fsp3) is 0.471. The van der Waals surface area contributed by atoms with E-state index in [1.807, 2.05) is 18.7 Å². The average Bonchev–Trinajstić information content (AvgIpc) is 3.04. The van der Waals surface area contributed by atoms with E-state index >= 15 is 0 Å². The molecule has 0 aromatic heterocycles. The zero-order chi connectivity index (χ0) is 40.4. The quantitative estimate of drug-likeness (QED) is 0.109. The number of nitrogens with zero attached hydrogens (tertiary/aromatic N) is 1. The van der Waals surface area contributed by atoms with Crippen LogP contribution in [0.25, 0.3) is 6.08 Å². The number of alkyl halides is 13. The number of hydrogen-bond donors (Lipinski definition) is 3. The molecule has 294 valence electrons. The van der Waals surface area contributed by atoms with Gasteiger partial charge in [0.1, 0.15) is 6.04 Å². The molecule has 2 amide bonds. The number of fused-ring (bicyclic) bond motifs is 1. The van der Waals surface area contributed by atoms with Crippen molar-refractivity contribution in [2.75, 3.05) is 23.9 Å². The number of anilines is 2. The lowest BCUT2D eigenvalue weighted by atomic mass is 9.91. The van der Waals surface area contributed by atoms with Crippen LogP contribution < -0.4 is 15.5 Å². The van der Waals surface area contributed by atoms with Crippen molar-refractivity contribution in [1.82, 2.24) is 5.32 Å². The maximum Gasteiger partial charge on any atom is 0.460 e. The molecule has 1 heterocycles. The SMILES string of the molecule is CC(C)[C@H]1C(=O)N[C@H](CO)Cc2cc(NC(=O)/C=C\C=C\c3ccc(CCC(F)(F)C(F)(F)C(F)(F)C(F)(F)C(F)(F)C(F)(F)F)cc3)ccc2N1C. The molecule has 0 aliphatic carbocycles. The molecule has 0 fully saturated rings. The van der Waals surface area contributed by atoms with Gasteiger partial charge in [0.25, 0.3) is 0 Å². The van der Waals surface area contributed by atoms with Crippen LogP contribution >= 0.6 is 0 Å². The van der Waals surface area contributed by atoms with Crippen LogP contribution in [0, 0.1) is 5.92 Å². The molecule has 0 unspecified atom stereocenters. The predicted octanol–water partition coefficient (Wildman–Crippen LogP) is 8.06. The topological polar surface area (TPSA) is 81.7 Å². The molecule has 1 aliphatic rings. The zero-order valence-corrected chi connectivity index (χ0v) is 28.0. The first-order valence-corrected chi connectivity index (χ1v) is 15.7. The van der Waals surface area contributed by atoms with Gasteiger partial charge in [0.2, 0.25) is 11.8 Å². The predicted molar refractivity (Wildman–Crippen MR) is 169 cm³/mol. The van der Waals surface area contributed by atoms with Crippen LogP contribution in [0.3, 0.4) is 0 Å². The van der Waals surface area contributed by atoms with E-state index in [4.69, 9.17) is 0 Å². The van der Waals surface area contributed by atoms with Gasteiger partial charge in [0.15, 0.2) is 0 Å². The summed E-state index contributed by atoms with van der Waals surface area (Å²) in [6.45, 7) is 3.46. The van der Waals surface area contributed by atoms with Gasteiger partial charge in [-0.05, 0) is 53.6 Å². The Kier molecular flexibility index (Phi) is 12.7. The molecular formula is C34H34F13N3O3. The Morgan fingerprint density at radius 2 is 1.47 bits per heavy atom. The highest BCUT2D eigenvalue weighted by molar-refractivity contribution is 5.99. The van der Waals surface area contributed by atoms with E-state index in [0.717, 1.165) is 29.5 Å². The third kappa shape index (κ3) is 8.75. The van der Waals surface area contributed by atoms with Gasteiger partial charge in [0.05, 0.1) is 12.6 Å². The molecule has 1 aliphatic heterocycles. The van der Waals surface area contributed by atoms with Crippen molar-refractivity contribution >= 4 is 29.3 Å². The number of carbonyl (C=O) groups excluding carboxylic acids is 2. The molecule has 2 aromatic carbocycles. The molecule has 0 saturated carbocycles. The number of aliphatic hydroxyl groups excluding tert-OH is 1. The van der Waals surface area contributed by atoms with Crippen LogP contribution in [0.2, 0.25) is 0 Å².